The van der Waals surface area contributed by atoms with Gasteiger partial charge in [-0.1, -0.05) is 36.4 Å². The van der Waals surface area contributed by atoms with Gasteiger partial charge in [0.05, 0.1) is 24.8 Å². The topological polar surface area (TPSA) is 54.5 Å². The molecule has 0 N–H and O–H groups in total. The minimum atomic E-state index is -0.401. The zero-order valence-corrected chi connectivity index (χ0v) is 12.5. The molecule has 0 radical (unpaired) electrons. The van der Waals surface area contributed by atoms with Gasteiger partial charge < -0.3 is 4.74 Å². The van der Waals surface area contributed by atoms with Crippen molar-refractivity contribution >= 4 is 11.5 Å². The van der Waals surface area contributed by atoms with Crippen molar-refractivity contribution < 1.29 is 9.53 Å². The summed E-state index contributed by atoms with van der Waals surface area (Å²) >= 11 is 0. The zero-order valence-electron chi connectivity index (χ0n) is 12.5. The van der Waals surface area contributed by atoms with Crippen LogP contribution in [0.25, 0.3) is 21.5 Å². The Morgan fingerprint density at radius 1 is 1.17 bits per heavy atom. The standard InChI is InChI=1S/C19H12N2O2/c1-3-23-19(22)15-10-6-9-14-17(15)12-7-4-5-8-13(12)18(14)16(11-20)21-2/h4-10H,3H2,1H3. The molecule has 0 amide bonds. The summed E-state index contributed by atoms with van der Waals surface area (Å²) in [6.07, 6.45) is 0. The molecule has 0 saturated carbocycles. The molecule has 1 aliphatic carbocycles. The average molecular weight is 300 g/mol. The molecule has 4 heteroatoms. The number of fused-ring (bicyclic) bond motifs is 3. The Morgan fingerprint density at radius 2 is 1.87 bits per heavy atom. The number of hydrogen-bond acceptors (Lipinski definition) is 3. The third kappa shape index (κ3) is 2.18. The monoisotopic (exact) mass is 300 g/mol. The number of carbonyl (C=O) groups is 1. The normalized spacial score (nSPS) is 13.3. The number of allylic oxidation sites excluding steroid dienone is 1. The quantitative estimate of drug-likeness (QED) is 0.407. The van der Waals surface area contributed by atoms with Gasteiger partial charge in [-0.05, 0) is 29.7 Å². The fraction of sp³-hybridized carbons (Fsp3) is 0.105. The van der Waals surface area contributed by atoms with E-state index >= 15 is 0 Å². The largest absolute Gasteiger partial charge is 0.462 e. The SMILES string of the molecule is [C-]#[N+]C(C#N)=C1c2ccccc2-c2c(C(=O)OCC)cccc21. The second kappa shape index (κ2) is 5.79. The van der Waals surface area contributed by atoms with Crippen LogP contribution in [-0.4, -0.2) is 12.6 Å². The fourth-order valence-corrected chi connectivity index (χ4v) is 2.89. The van der Waals surface area contributed by atoms with E-state index in [9.17, 15) is 10.1 Å². The maximum absolute atomic E-state index is 12.3. The number of ether oxygens (including phenoxy) is 1. The third-order valence-electron chi connectivity index (χ3n) is 3.75. The van der Waals surface area contributed by atoms with Crippen molar-refractivity contribution in [3.63, 3.8) is 0 Å². The molecule has 23 heavy (non-hydrogen) atoms. The average Bonchev–Trinajstić information content (AvgIpc) is 2.91. The predicted octanol–water partition coefficient (Wildman–Crippen LogP) is 4.05. The van der Waals surface area contributed by atoms with Gasteiger partial charge in [-0.15, -0.1) is 0 Å². The Hall–Kier alpha value is -3.37. The summed E-state index contributed by atoms with van der Waals surface area (Å²) in [6, 6.07) is 14.7. The van der Waals surface area contributed by atoms with Crippen molar-refractivity contribution in [2.45, 2.75) is 6.92 Å². The van der Waals surface area contributed by atoms with E-state index in [0.717, 1.165) is 22.3 Å². The second-order valence-electron chi connectivity index (χ2n) is 4.94. The number of nitrogens with zero attached hydrogens (tertiary/aromatic N) is 2. The number of rotatable bonds is 2. The molecule has 2 aromatic rings. The first-order chi connectivity index (χ1) is 11.2. The van der Waals surface area contributed by atoms with Gasteiger partial charge in [-0.2, -0.15) is 0 Å². The maximum atomic E-state index is 12.3. The number of nitriles is 1. The number of carbonyl (C=O) groups excluding carboxylic acids is 1. The molecule has 0 aliphatic heterocycles. The van der Waals surface area contributed by atoms with E-state index in [-0.39, 0.29) is 5.70 Å². The van der Waals surface area contributed by atoms with Crippen LogP contribution in [0.1, 0.15) is 28.4 Å². The Labute approximate surface area is 134 Å². The molecule has 0 aromatic heterocycles. The lowest BCUT2D eigenvalue weighted by atomic mass is 9.99. The zero-order chi connectivity index (χ0) is 16.4. The number of esters is 1. The van der Waals surface area contributed by atoms with Crippen LogP contribution in [0.3, 0.4) is 0 Å². The lowest BCUT2D eigenvalue weighted by molar-refractivity contribution is 0.0527. The van der Waals surface area contributed by atoms with Gasteiger partial charge in [0.2, 0.25) is 0 Å². The van der Waals surface area contributed by atoms with Crippen molar-refractivity contribution in [3.8, 4) is 17.2 Å². The highest BCUT2D eigenvalue weighted by Gasteiger charge is 2.30. The first-order valence-corrected chi connectivity index (χ1v) is 7.15. The van der Waals surface area contributed by atoms with Crippen LogP contribution in [0, 0.1) is 17.9 Å². The van der Waals surface area contributed by atoms with Crippen molar-refractivity contribution in [3.05, 3.63) is 76.3 Å². The molecule has 0 spiro atoms. The van der Waals surface area contributed by atoms with Gasteiger partial charge in [-0.3, -0.25) is 0 Å². The first kappa shape index (κ1) is 14.6. The van der Waals surface area contributed by atoms with E-state index in [1.165, 1.54) is 0 Å². The highest BCUT2D eigenvalue weighted by Crippen LogP contribution is 2.47. The summed E-state index contributed by atoms with van der Waals surface area (Å²) in [6.45, 7) is 9.31. The van der Waals surface area contributed by atoms with Gasteiger partial charge >= 0.3 is 5.97 Å². The van der Waals surface area contributed by atoms with E-state index < -0.39 is 5.97 Å². The Balaban J connectivity index is 2.39. The van der Waals surface area contributed by atoms with Gasteiger partial charge in [0.15, 0.2) is 0 Å². The van der Waals surface area contributed by atoms with Crippen LogP contribution < -0.4 is 0 Å². The minimum absolute atomic E-state index is 0.0252. The van der Waals surface area contributed by atoms with Gasteiger partial charge in [-0.25, -0.2) is 14.9 Å². The summed E-state index contributed by atoms with van der Waals surface area (Å²) < 4.78 is 5.14. The molecule has 0 bridgehead atoms. The Kier molecular flexibility index (Phi) is 3.66. The second-order valence-corrected chi connectivity index (χ2v) is 4.94. The van der Waals surface area contributed by atoms with Crippen molar-refractivity contribution in [2.75, 3.05) is 6.61 Å². The highest BCUT2D eigenvalue weighted by molar-refractivity contribution is 6.10. The molecule has 0 atom stereocenters. The molecule has 110 valence electrons. The predicted molar refractivity (Wildman–Crippen MR) is 86.1 cm³/mol. The van der Waals surface area contributed by atoms with Crippen LogP contribution in [0.5, 0.6) is 0 Å². The smallest absolute Gasteiger partial charge is 0.338 e. The maximum Gasteiger partial charge on any atom is 0.338 e. The molecule has 1 aliphatic rings. The van der Waals surface area contributed by atoms with Crippen molar-refractivity contribution in [1.29, 1.82) is 5.26 Å². The summed E-state index contributed by atoms with van der Waals surface area (Å²) in [5, 5.41) is 9.29. The summed E-state index contributed by atoms with van der Waals surface area (Å²) in [4.78, 5) is 15.6. The number of benzene rings is 2. The van der Waals surface area contributed by atoms with Crippen LogP contribution in [-0.2, 0) is 4.74 Å². The molecular formula is C19H12N2O2. The fourth-order valence-electron chi connectivity index (χ4n) is 2.89. The minimum Gasteiger partial charge on any atom is -0.462 e. The van der Waals surface area contributed by atoms with E-state index in [0.29, 0.717) is 17.7 Å². The summed E-state index contributed by atoms with van der Waals surface area (Å²) in [5.41, 5.74) is 4.16. The van der Waals surface area contributed by atoms with Crippen LogP contribution in [0.4, 0.5) is 0 Å². The van der Waals surface area contributed by atoms with Gasteiger partial charge in [0.1, 0.15) is 0 Å². The van der Waals surface area contributed by atoms with Crippen LogP contribution >= 0.6 is 0 Å². The lowest BCUT2D eigenvalue weighted by Gasteiger charge is -2.08. The molecule has 0 saturated heterocycles. The van der Waals surface area contributed by atoms with E-state index in [1.807, 2.05) is 36.4 Å². The van der Waals surface area contributed by atoms with Crippen molar-refractivity contribution in [2.24, 2.45) is 0 Å². The third-order valence-corrected chi connectivity index (χ3v) is 3.75. The summed E-state index contributed by atoms with van der Waals surface area (Å²) in [5.74, 6) is -0.401. The molecule has 0 unspecified atom stereocenters. The molecule has 0 fully saturated rings. The van der Waals surface area contributed by atoms with E-state index in [4.69, 9.17) is 11.3 Å². The van der Waals surface area contributed by atoms with E-state index in [1.54, 1.807) is 19.1 Å². The molecular weight excluding hydrogens is 288 g/mol. The van der Waals surface area contributed by atoms with Crippen LogP contribution in [0.15, 0.2) is 48.2 Å². The van der Waals surface area contributed by atoms with E-state index in [2.05, 4.69) is 4.85 Å². The molecule has 0 heterocycles. The Bertz CT molecular complexity index is 911. The number of hydrogen-bond donors (Lipinski definition) is 0. The Morgan fingerprint density at radius 3 is 2.52 bits per heavy atom. The van der Waals surface area contributed by atoms with Gasteiger partial charge in [0, 0.05) is 11.1 Å². The lowest BCUT2D eigenvalue weighted by Crippen LogP contribution is -2.06. The highest BCUT2D eigenvalue weighted by atomic mass is 16.5. The van der Waals surface area contributed by atoms with Crippen molar-refractivity contribution in [1.82, 2.24) is 0 Å². The van der Waals surface area contributed by atoms with Gasteiger partial charge in [0.25, 0.3) is 5.70 Å². The first-order valence-electron chi connectivity index (χ1n) is 7.15. The van der Waals surface area contributed by atoms with Crippen LogP contribution in [0.2, 0.25) is 0 Å². The molecule has 4 nitrogen and oxygen atoms in total. The molecule has 2 aromatic carbocycles. The molecule has 3 rings (SSSR count). The summed E-state index contributed by atoms with van der Waals surface area (Å²) in [7, 11) is 0.